The van der Waals surface area contributed by atoms with Gasteiger partial charge in [0.1, 0.15) is 6.10 Å². The van der Waals surface area contributed by atoms with Crippen molar-refractivity contribution in [2.45, 2.75) is 18.3 Å². The first-order valence-corrected chi connectivity index (χ1v) is 4.96. The van der Waals surface area contributed by atoms with Crippen molar-refractivity contribution in [1.29, 1.82) is 0 Å². The van der Waals surface area contributed by atoms with E-state index in [1.54, 1.807) is 0 Å². The van der Waals surface area contributed by atoms with Gasteiger partial charge in [0, 0.05) is 12.5 Å². The fourth-order valence-electron chi connectivity index (χ4n) is 1.31. The zero-order chi connectivity index (χ0) is 11.3. The van der Waals surface area contributed by atoms with Crippen LogP contribution >= 0.6 is 0 Å². The minimum absolute atomic E-state index is 0.0310. The van der Waals surface area contributed by atoms with Gasteiger partial charge in [-0.1, -0.05) is 0 Å². The summed E-state index contributed by atoms with van der Waals surface area (Å²) in [5.41, 5.74) is 0. The molecule has 0 saturated carbocycles. The molecule has 3 atom stereocenters. The molecule has 1 aliphatic rings. The summed E-state index contributed by atoms with van der Waals surface area (Å²) < 4.78 is 10.0. The van der Waals surface area contributed by atoms with Crippen LogP contribution in [0.4, 0.5) is 0 Å². The highest BCUT2D eigenvalue weighted by atomic mass is 16.7. The van der Waals surface area contributed by atoms with Gasteiger partial charge in [-0.2, -0.15) is 0 Å². The summed E-state index contributed by atoms with van der Waals surface area (Å²) in [5.74, 6) is -2.50. The van der Waals surface area contributed by atoms with Crippen molar-refractivity contribution in [3.63, 3.8) is 0 Å². The summed E-state index contributed by atoms with van der Waals surface area (Å²) in [5, 5.41) is 36.7. The minimum atomic E-state index is -1.80. The standard InChI is InChI=1S/C9H18O6/c10-2-1-7(3-11)9(13,6-12)15-5-8-4-14-8/h7-8,10-13H,1-6H2. The second-order valence-electron chi connectivity index (χ2n) is 3.66. The van der Waals surface area contributed by atoms with E-state index in [0.717, 1.165) is 0 Å². The first-order valence-electron chi connectivity index (χ1n) is 4.96. The topological polar surface area (TPSA) is 103 Å². The van der Waals surface area contributed by atoms with Crippen molar-refractivity contribution in [1.82, 2.24) is 0 Å². The van der Waals surface area contributed by atoms with Crippen LogP contribution in [-0.4, -0.2) is 65.4 Å². The van der Waals surface area contributed by atoms with E-state index < -0.39 is 18.3 Å². The lowest BCUT2D eigenvalue weighted by atomic mass is 9.96. The summed E-state index contributed by atoms with van der Waals surface area (Å²) in [7, 11) is 0. The van der Waals surface area contributed by atoms with Crippen molar-refractivity contribution in [3.8, 4) is 0 Å². The smallest absolute Gasteiger partial charge is 0.194 e. The Kier molecular flexibility index (Phi) is 4.91. The molecule has 1 saturated heterocycles. The van der Waals surface area contributed by atoms with Gasteiger partial charge < -0.3 is 29.9 Å². The van der Waals surface area contributed by atoms with Crippen molar-refractivity contribution in [2.24, 2.45) is 5.92 Å². The molecule has 0 aromatic rings. The summed E-state index contributed by atoms with van der Waals surface area (Å²) in [6.45, 7) is -0.394. The molecule has 1 fully saturated rings. The van der Waals surface area contributed by atoms with Gasteiger partial charge in [-0.05, 0) is 6.42 Å². The van der Waals surface area contributed by atoms with E-state index >= 15 is 0 Å². The molecule has 1 rings (SSSR count). The third-order valence-electron chi connectivity index (χ3n) is 2.48. The van der Waals surface area contributed by atoms with Crippen LogP contribution in [0.2, 0.25) is 0 Å². The lowest BCUT2D eigenvalue weighted by molar-refractivity contribution is -0.264. The molecule has 0 radical (unpaired) electrons. The van der Waals surface area contributed by atoms with Crippen molar-refractivity contribution >= 4 is 0 Å². The van der Waals surface area contributed by atoms with Crippen LogP contribution in [0.25, 0.3) is 0 Å². The van der Waals surface area contributed by atoms with Crippen LogP contribution < -0.4 is 0 Å². The first-order chi connectivity index (χ1) is 7.16. The summed E-state index contributed by atoms with van der Waals surface area (Å²) >= 11 is 0. The highest BCUT2D eigenvalue weighted by Crippen LogP contribution is 2.23. The van der Waals surface area contributed by atoms with Gasteiger partial charge in [0.15, 0.2) is 5.79 Å². The summed E-state index contributed by atoms with van der Waals surface area (Å²) in [4.78, 5) is 0. The predicted molar refractivity (Wildman–Crippen MR) is 50.0 cm³/mol. The minimum Gasteiger partial charge on any atom is -0.396 e. The lowest BCUT2D eigenvalue weighted by Crippen LogP contribution is -2.47. The number of aliphatic hydroxyl groups is 4. The molecular weight excluding hydrogens is 204 g/mol. The van der Waals surface area contributed by atoms with Gasteiger partial charge in [-0.3, -0.25) is 0 Å². The molecule has 0 aromatic carbocycles. The normalized spacial score (nSPS) is 26.0. The Hall–Kier alpha value is -0.240. The van der Waals surface area contributed by atoms with E-state index in [2.05, 4.69) is 0 Å². The number of rotatable bonds is 8. The zero-order valence-electron chi connectivity index (χ0n) is 8.50. The van der Waals surface area contributed by atoms with E-state index in [4.69, 9.17) is 24.8 Å². The molecular formula is C9H18O6. The molecule has 6 heteroatoms. The van der Waals surface area contributed by atoms with Crippen molar-refractivity contribution in [2.75, 3.05) is 33.0 Å². The molecule has 15 heavy (non-hydrogen) atoms. The SMILES string of the molecule is OCCC(CO)C(O)(CO)OCC1CO1. The number of hydrogen-bond acceptors (Lipinski definition) is 6. The van der Waals surface area contributed by atoms with Crippen LogP contribution in [-0.2, 0) is 9.47 Å². The number of ether oxygens (including phenoxy) is 2. The third kappa shape index (κ3) is 3.67. The van der Waals surface area contributed by atoms with Gasteiger partial charge >= 0.3 is 0 Å². The fourth-order valence-corrected chi connectivity index (χ4v) is 1.31. The van der Waals surface area contributed by atoms with Crippen molar-refractivity contribution < 1.29 is 29.9 Å². The van der Waals surface area contributed by atoms with E-state index in [0.29, 0.717) is 6.61 Å². The molecule has 1 heterocycles. The van der Waals surface area contributed by atoms with E-state index in [-0.39, 0.29) is 32.3 Å². The average Bonchev–Trinajstić information content (AvgIpc) is 3.06. The number of hydrogen-bond donors (Lipinski definition) is 4. The monoisotopic (exact) mass is 222 g/mol. The molecule has 3 unspecified atom stereocenters. The molecule has 4 N–H and O–H groups in total. The number of aliphatic hydroxyl groups excluding tert-OH is 3. The molecule has 90 valence electrons. The second kappa shape index (κ2) is 5.74. The number of epoxide rings is 1. The van der Waals surface area contributed by atoms with E-state index in [1.165, 1.54) is 0 Å². The largest absolute Gasteiger partial charge is 0.396 e. The van der Waals surface area contributed by atoms with Crippen molar-refractivity contribution in [3.05, 3.63) is 0 Å². The predicted octanol–water partition coefficient (Wildman–Crippen LogP) is -1.93. The third-order valence-corrected chi connectivity index (χ3v) is 2.48. The Morgan fingerprint density at radius 2 is 2.07 bits per heavy atom. The Balaban J connectivity index is 2.45. The van der Waals surface area contributed by atoms with Gasteiger partial charge in [0.25, 0.3) is 0 Å². The van der Waals surface area contributed by atoms with Crippen LogP contribution in [0.3, 0.4) is 0 Å². The zero-order valence-corrected chi connectivity index (χ0v) is 8.50. The average molecular weight is 222 g/mol. The van der Waals surface area contributed by atoms with Crippen LogP contribution in [0.5, 0.6) is 0 Å². The van der Waals surface area contributed by atoms with Crippen LogP contribution in [0, 0.1) is 5.92 Å². The van der Waals surface area contributed by atoms with Gasteiger partial charge in [0.2, 0.25) is 0 Å². The lowest BCUT2D eigenvalue weighted by Gasteiger charge is -2.32. The maximum absolute atomic E-state index is 9.89. The Labute approximate surface area is 88.1 Å². The van der Waals surface area contributed by atoms with Crippen LogP contribution in [0.1, 0.15) is 6.42 Å². The Bertz CT molecular complexity index is 183. The second-order valence-corrected chi connectivity index (χ2v) is 3.66. The maximum atomic E-state index is 9.89. The Morgan fingerprint density at radius 1 is 1.40 bits per heavy atom. The fraction of sp³-hybridized carbons (Fsp3) is 1.00. The molecule has 0 spiro atoms. The highest BCUT2D eigenvalue weighted by Gasteiger charge is 2.38. The van der Waals surface area contributed by atoms with E-state index in [1.807, 2.05) is 0 Å². The van der Waals surface area contributed by atoms with Gasteiger partial charge in [-0.15, -0.1) is 0 Å². The summed E-state index contributed by atoms with van der Waals surface area (Å²) in [6, 6.07) is 0. The van der Waals surface area contributed by atoms with Crippen LogP contribution in [0.15, 0.2) is 0 Å². The Morgan fingerprint density at radius 3 is 2.47 bits per heavy atom. The molecule has 0 bridgehead atoms. The molecule has 0 aliphatic carbocycles. The molecule has 1 aliphatic heterocycles. The molecule has 6 nitrogen and oxygen atoms in total. The molecule has 0 amide bonds. The van der Waals surface area contributed by atoms with Gasteiger partial charge in [-0.25, -0.2) is 0 Å². The highest BCUT2D eigenvalue weighted by molar-refractivity contribution is 4.79. The molecule has 0 aromatic heterocycles. The maximum Gasteiger partial charge on any atom is 0.194 e. The summed E-state index contributed by atoms with van der Waals surface area (Å²) in [6.07, 6.45) is 0.135. The quantitative estimate of drug-likeness (QED) is 0.282. The first kappa shape index (κ1) is 12.8. The van der Waals surface area contributed by atoms with Gasteiger partial charge in [0.05, 0.1) is 26.4 Å². The van der Waals surface area contributed by atoms with E-state index in [9.17, 15) is 5.11 Å².